The van der Waals surface area contributed by atoms with Crippen LogP contribution in [0.1, 0.15) is 39.7 Å². The number of anilines is 1. The number of thioether (sulfide) groups is 1. The largest absolute Gasteiger partial charge is 0.481 e. The molecule has 1 atom stereocenters. The first kappa shape index (κ1) is 18.7. The molecule has 0 unspecified atom stereocenters. The summed E-state index contributed by atoms with van der Waals surface area (Å²) in [6, 6.07) is 7.83. The van der Waals surface area contributed by atoms with Crippen LogP contribution in [0, 0.1) is 0 Å². The van der Waals surface area contributed by atoms with E-state index in [1.54, 1.807) is 11.8 Å². The maximum Gasteiger partial charge on any atom is 0.267 e. The minimum absolute atomic E-state index is 0.200. The number of hydrogen-bond donors (Lipinski definition) is 1. The van der Waals surface area contributed by atoms with Crippen LogP contribution in [-0.4, -0.2) is 27.5 Å². The molecule has 2 aromatic rings. The Balaban J connectivity index is 1.96. The van der Waals surface area contributed by atoms with Crippen LogP contribution in [0.3, 0.4) is 0 Å². The summed E-state index contributed by atoms with van der Waals surface area (Å²) in [5, 5.41) is 11.8. The summed E-state index contributed by atoms with van der Waals surface area (Å²) in [5.74, 6) is 0.497. The van der Waals surface area contributed by atoms with Crippen molar-refractivity contribution < 1.29 is 9.53 Å². The van der Waals surface area contributed by atoms with Gasteiger partial charge in [-0.25, -0.2) is 0 Å². The van der Waals surface area contributed by atoms with E-state index in [0.29, 0.717) is 22.6 Å². The molecule has 24 heavy (non-hydrogen) atoms. The lowest BCUT2D eigenvalue weighted by atomic mass is 10.2. The van der Waals surface area contributed by atoms with Crippen LogP contribution >= 0.6 is 23.1 Å². The highest BCUT2D eigenvalue weighted by Crippen LogP contribution is 2.28. The number of rotatable bonds is 8. The number of aryl methyl sites for hydroxylation is 1. The minimum atomic E-state index is -0.553. The van der Waals surface area contributed by atoms with Crippen LogP contribution in [0.15, 0.2) is 28.6 Å². The van der Waals surface area contributed by atoms with Gasteiger partial charge in [-0.15, -0.1) is 10.2 Å². The summed E-state index contributed by atoms with van der Waals surface area (Å²) in [5.41, 5.74) is 1.24. The lowest BCUT2D eigenvalue weighted by Crippen LogP contribution is -2.32. The van der Waals surface area contributed by atoms with Crippen LogP contribution in [0.4, 0.5) is 5.13 Å². The molecule has 0 spiro atoms. The van der Waals surface area contributed by atoms with Gasteiger partial charge in [-0.1, -0.05) is 62.9 Å². The highest BCUT2D eigenvalue weighted by Gasteiger charge is 2.20. The zero-order chi connectivity index (χ0) is 17.5. The van der Waals surface area contributed by atoms with Crippen molar-refractivity contribution in [2.75, 3.05) is 5.32 Å². The molecule has 1 N–H and O–H groups in total. The molecule has 7 heteroatoms. The second-order valence-electron chi connectivity index (χ2n) is 5.54. The lowest BCUT2D eigenvalue weighted by molar-refractivity contribution is -0.122. The Bertz CT molecular complexity index is 656. The number of hydrogen-bond acceptors (Lipinski definition) is 6. The molecule has 1 aromatic heterocycles. The molecule has 0 fully saturated rings. The van der Waals surface area contributed by atoms with Crippen molar-refractivity contribution in [2.45, 2.75) is 56.2 Å². The first-order valence-electron chi connectivity index (χ1n) is 8.08. The fourth-order valence-corrected chi connectivity index (χ4v) is 3.96. The zero-order valence-electron chi connectivity index (χ0n) is 14.4. The van der Waals surface area contributed by atoms with Crippen molar-refractivity contribution in [3.05, 3.63) is 29.8 Å². The van der Waals surface area contributed by atoms with E-state index in [2.05, 4.69) is 36.3 Å². The van der Waals surface area contributed by atoms with Crippen molar-refractivity contribution in [3.8, 4) is 5.75 Å². The molecule has 0 aliphatic heterocycles. The number of carbonyl (C=O) groups is 1. The van der Waals surface area contributed by atoms with E-state index in [0.717, 1.165) is 10.8 Å². The van der Waals surface area contributed by atoms with Crippen LogP contribution in [-0.2, 0) is 11.2 Å². The molecule has 0 bridgehead atoms. The number of benzene rings is 1. The van der Waals surface area contributed by atoms with Gasteiger partial charge in [0.2, 0.25) is 5.13 Å². The number of nitrogens with one attached hydrogen (secondary N) is 1. The van der Waals surface area contributed by atoms with Crippen LogP contribution in [0.25, 0.3) is 0 Å². The summed E-state index contributed by atoms with van der Waals surface area (Å²) in [6.45, 7) is 8.21. The number of amides is 1. The summed E-state index contributed by atoms with van der Waals surface area (Å²) in [6.07, 6.45) is 1.00. The molecule has 0 saturated carbocycles. The normalized spacial score (nSPS) is 12.2. The number of nitrogens with zero attached hydrogens (tertiary/aromatic N) is 2. The zero-order valence-corrected chi connectivity index (χ0v) is 16.0. The van der Waals surface area contributed by atoms with Crippen molar-refractivity contribution in [3.63, 3.8) is 0 Å². The first-order valence-corrected chi connectivity index (χ1v) is 9.78. The Labute approximate surface area is 151 Å². The fourth-order valence-electron chi connectivity index (χ4n) is 1.99. The van der Waals surface area contributed by atoms with Gasteiger partial charge >= 0.3 is 0 Å². The number of ether oxygens (including phenoxy) is 1. The Morgan fingerprint density at radius 1 is 1.25 bits per heavy atom. The Morgan fingerprint density at radius 3 is 2.54 bits per heavy atom. The molecule has 0 saturated heterocycles. The molecule has 1 amide bonds. The van der Waals surface area contributed by atoms with E-state index >= 15 is 0 Å². The maximum absolute atomic E-state index is 12.4. The van der Waals surface area contributed by atoms with Gasteiger partial charge in [0.25, 0.3) is 5.91 Å². The summed E-state index contributed by atoms with van der Waals surface area (Å²) >= 11 is 3.01. The topological polar surface area (TPSA) is 64.1 Å². The van der Waals surface area contributed by atoms with Gasteiger partial charge in [0.15, 0.2) is 10.4 Å². The average molecular weight is 366 g/mol. The summed E-state index contributed by atoms with van der Waals surface area (Å²) in [7, 11) is 0. The van der Waals surface area contributed by atoms with Gasteiger partial charge in [0.1, 0.15) is 5.75 Å². The van der Waals surface area contributed by atoms with Crippen molar-refractivity contribution in [1.29, 1.82) is 0 Å². The molecular formula is C17H23N3O2S2. The third-order valence-electron chi connectivity index (χ3n) is 3.25. The standard InChI is InChI=1S/C17H23N3O2S2/c1-5-12-7-9-13(10-8-12)22-14(6-2)15(21)18-16-19-20-17(24-16)23-11(3)4/h7-11,14H,5-6H2,1-4H3,(H,18,19,21)/t14-/m1/s1. The maximum atomic E-state index is 12.4. The van der Waals surface area contributed by atoms with Crippen molar-refractivity contribution in [2.24, 2.45) is 0 Å². The molecular weight excluding hydrogens is 342 g/mol. The Morgan fingerprint density at radius 2 is 1.96 bits per heavy atom. The molecule has 1 aromatic carbocycles. The number of carbonyl (C=O) groups excluding carboxylic acids is 1. The first-order chi connectivity index (χ1) is 11.5. The summed E-state index contributed by atoms with van der Waals surface area (Å²) < 4.78 is 6.66. The SMILES string of the molecule is CCc1ccc(O[C@H](CC)C(=O)Nc2nnc(SC(C)C)s2)cc1. The molecule has 5 nitrogen and oxygen atoms in total. The quantitative estimate of drug-likeness (QED) is 0.555. The van der Waals surface area contributed by atoms with Crippen molar-refractivity contribution in [1.82, 2.24) is 10.2 Å². The highest BCUT2D eigenvalue weighted by molar-refractivity contribution is 8.01. The lowest BCUT2D eigenvalue weighted by Gasteiger charge is -2.16. The van der Waals surface area contributed by atoms with Gasteiger partial charge in [-0.05, 0) is 30.5 Å². The average Bonchev–Trinajstić information content (AvgIpc) is 2.99. The third kappa shape index (κ3) is 5.49. The predicted octanol–water partition coefficient (Wildman–Crippen LogP) is 4.40. The van der Waals surface area contributed by atoms with Crippen LogP contribution < -0.4 is 10.1 Å². The second kappa shape index (κ2) is 9.03. The minimum Gasteiger partial charge on any atom is -0.481 e. The van der Waals surface area contributed by atoms with Crippen LogP contribution in [0.5, 0.6) is 5.75 Å². The van der Waals surface area contributed by atoms with Gasteiger partial charge in [0.05, 0.1) is 0 Å². The third-order valence-corrected chi connectivity index (χ3v) is 5.17. The Hall–Kier alpha value is -1.60. The molecule has 1 heterocycles. The molecule has 0 aliphatic rings. The predicted molar refractivity (Wildman–Crippen MR) is 100 cm³/mol. The molecule has 0 radical (unpaired) electrons. The molecule has 0 aliphatic carbocycles. The second-order valence-corrected chi connectivity index (χ2v) is 8.34. The van der Waals surface area contributed by atoms with Gasteiger partial charge < -0.3 is 4.74 Å². The Kier molecular flexibility index (Phi) is 7.05. The van der Waals surface area contributed by atoms with E-state index in [4.69, 9.17) is 4.74 Å². The van der Waals surface area contributed by atoms with E-state index in [1.165, 1.54) is 16.9 Å². The highest BCUT2D eigenvalue weighted by atomic mass is 32.2. The van der Waals surface area contributed by atoms with Gasteiger partial charge in [0, 0.05) is 5.25 Å². The van der Waals surface area contributed by atoms with E-state index < -0.39 is 6.10 Å². The van der Waals surface area contributed by atoms with E-state index in [1.807, 2.05) is 31.2 Å². The van der Waals surface area contributed by atoms with Gasteiger partial charge in [-0.3, -0.25) is 10.1 Å². The number of aromatic nitrogens is 2. The van der Waals surface area contributed by atoms with Gasteiger partial charge in [-0.2, -0.15) is 0 Å². The van der Waals surface area contributed by atoms with Crippen molar-refractivity contribution >= 4 is 34.1 Å². The smallest absolute Gasteiger partial charge is 0.267 e. The summed E-state index contributed by atoms with van der Waals surface area (Å²) in [4.78, 5) is 12.4. The van der Waals surface area contributed by atoms with E-state index in [9.17, 15) is 4.79 Å². The fraction of sp³-hybridized carbons (Fsp3) is 0.471. The van der Waals surface area contributed by atoms with Crippen LogP contribution in [0.2, 0.25) is 0 Å². The molecule has 130 valence electrons. The van der Waals surface area contributed by atoms with E-state index in [-0.39, 0.29) is 5.91 Å². The monoisotopic (exact) mass is 365 g/mol. The molecule has 2 rings (SSSR count).